The van der Waals surface area contributed by atoms with Crippen molar-refractivity contribution in [3.63, 3.8) is 0 Å². The Morgan fingerprint density at radius 2 is 1.96 bits per heavy atom. The Morgan fingerprint density at radius 3 is 2.68 bits per heavy atom. The second-order valence-corrected chi connectivity index (χ2v) is 6.16. The van der Waals surface area contributed by atoms with Gasteiger partial charge in [-0.15, -0.1) is 0 Å². The quantitative estimate of drug-likeness (QED) is 0.714. The number of benzene rings is 2. The molecule has 2 aromatic rings. The number of hydrazone groups is 1. The van der Waals surface area contributed by atoms with Crippen LogP contribution < -0.4 is 9.75 Å². The lowest BCUT2D eigenvalue weighted by atomic mass is 10.1. The third kappa shape index (κ3) is 3.74. The highest BCUT2D eigenvalue weighted by atomic mass is 35.5. The molecule has 25 heavy (non-hydrogen) atoms. The second-order valence-electron chi connectivity index (χ2n) is 5.73. The van der Waals surface area contributed by atoms with Gasteiger partial charge in [-0.3, -0.25) is 4.79 Å². The number of amides is 1. The molecule has 0 unspecified atom stereocenters. The van der Waals surface area contributed by atoms with E-state index in [2.05, 4.69) is 5.10 Å². The normalized spacial score (nSPS) is 15.6. The van der Waals surface area contributed by atoms with E-state index in [4.69, 9.17) is 16.3 Å². The average molecular weight is 355 g/mol. The van der Waals surface area contributed by atoms with E-state index in [0.717, 1.165) is 17.7 Å². The van der Waals surface area contributed by atoms with Crippen LogP contribution in [0.3, 0.4) is 0 Å². The van der Waals surface area contributed by atoms with Gasteiger partial charge in [0, 0.05) is 10.6 Å². The lowest BCUT2D eigenvalue weighted by Crippen LogP contribution is -2.21. The number of hydrogen-bond donors (Lipinski definition) is 0. The van der Waals surface area contributed by atoms with E-state index >= 15 is 0 Å². The predicted molar refractivity (Wildman–Crippen MR) is 102 cm³/mol. The molecular formula is C20H19ClN2O2. The summed E-state index contributed by atoms with van der Waals surface area (Å²) in [6.45, 7) is 4.47. The van der Waals surface area contributed by atoms with Crippen LogP contribution in [0.4, 0.5) is 5.69 Å². The van der Waals surface area contributed by atoms with Crippen molar-refractivity contribution in [1.29, 1.82) is 0 Å². The third-order valence-corrected chi connectivity index (χ3v) is 4.03. The van der Waals surface area contributed by atoms with Crippen LogP contribution >= 0.6 is 11.6 Å². The highest BCUT2D eigenvalue weighted by Gasteiger charge is 2.28. The zero-order valence-electron chi connectivity index (χ0n) is 14.2. The highest BCUT2D eigenvalue weighted by Crippen LogP contribution is 2.29. The van der Waals surface area contributed by atoms with E-state index in [9.17, 15) is 4.79 Å². The smallest absolute Gasteiger partial charge is 0.280 e. The first-order chi connectivity index (χ1) is 12.1. The monoisotopic (exact) mass is 354 g/mol. The SMILES string of the molecule is CCCOc1ccc(Cl)cc1C=C1C(=O)N(c2ccccc2)N=C1C. The van der Waals surface area contributed by atoms with E-state index < -0.39 is 0 Å². The molecule has 1 aliphatic heterocycles. The van der Waals surface area contributed by atoms with Gasteiger partial charge in [0.1, 0.15) is 5.75 Å². The molecule has 0 aliphatic carbocycles. The molecule has 1 amide bonds. The molecule has 1 aliphatic rings. The zero-order chi connectivity index (χ0) is 17.8. The molecule has 0 atom stereocenters. The molecule has 2 aromatic carbocycles. The Morgan fingerprint density at radius 1 is 1.20 bits per heavy atom. The predicted octanol–water partition coefficient (Wildman–Crippen LogP) is 4.93. The van der Waals surface area contributed by atoms with Crippen LogP contribution in [0.15, 0.2) is 59.2 Å². The molecule has 0 spiro atoms. The maximum atomic E-state index is 12.8. The van der Waals surface area contributed by atoms with Crippen molar-refractivity contribution in [3.8, 4) is 5.75 Å². The van der Waals surface area contributed by atoms with Gasteiger partial charge in [0.25, 0.3) is 5.91 Å². The Hall–Kier alpha value is -2.59. The Bertz CT molecular complexity index is 844. The van der Waals surface area contributed by atoms with Crippen molar-refractivity contribution < 1.29 is 9.53 Å². The Labute approximate surface area is 152 Å². The molecule has 0 radical (unpaired) electrons. The molecule has 1 heterocycles. The molecule has 3 rings (SSSR count). The maximum absolute atomic E-state index is 12.8. The number of ether oxygens (including phenoxy) is 1. The van der Waals surface area contributed by atoms with Gasteiger partial charge in [-0.1, -0.05) is 36.7 Å². The van der Waals surface area contributed by atoms with Crippen LogP contribution in [0.2, 0.25) is 5.02 Å². The molecule has 0 aromatic heterocycles. The first-order valence-corrected chi connectivity index (χ1v) is 8.57. The van der Waals surface area contributed by atoms with Gasteiger partial charge in [-0.2, -0.15) is 10.1 Å². The van der Waals surface area contributed by atoms with E-state index in [1.807, 2.05) is 50.2 Å². The van der Waals surface area contributed by atoms with Gasteiger partial charge in [-0.25, -0.2) is 0 Å². The first-order valence-electron chi connectivity index (χ1n) is 8.19. The van der Waals surface area contributed by atoms with Crippen LogP contribution in [-0.2, 0) is 4.79 Å². The maximum Gasteiger partial charge on any atom is 0.280 e. The Balaban J connectivity index is 1.96. The second kappa shape index (κ2) is 7.53. The van der Waals surface area contributed by atoms with Gasteiger partial charge >= 0.3 is 0 Å². The molecule has 4 nitrogen and oxygen atoms in total. The fraction of sp³-hybridized carbons (Fsp3) is 0.200. The molecule has 0 fully saturated rings. The number of halogens is 1. The number of hydrogen-bond acceptors (Lipinski definition) is 3. The van der Waals surface area contributed by atoms with Crippen molar-refractivity contribution in [2.75, 3.05) is 11.6 Å². The number of nitrogens with zero attached hydrogens (tertiary/aromatic N) is 2. The van der Waals surface area contributed by atoms with Crippen molar-refractivity contribution in [2.24, 2.45) is 5.10 Å². The molecule has 0 bridgehead atoms. The first kappa shape index (κ1) is 17.2. The van der Waals surface area contributed by atoms with Crippen LogP contribution in [0.25, 0.3) is 6.08 Å². The zero-order valence-corrected chi connectivity index (χ0v) is 15.0. The summed E-state index contributed by atoms with van der Waals surface area (Å²) in [6, 6.07) is 14.8. The van der Waals surface area contributed by atoms with E-state index in [0.29, 0.717) is 28.7 Å². The molecule has 128 valence electrons. The number of carbonyl (C=O) groups excluding carboxylic acids is 1. The molecule has 0 N–H and O–H groups in total. The summed E-state index contributed by atoms with van der Waals surface area (Å²) in [5, 5.41) is 6.40. The summed E-state index contributed by atoms with van der Waals surface area (Å²) in [5.74, 6) is 0.544. The summed E-state index contributed by atoms with van der Waals surface area (Å²) in [7, 11) is 0. The van der Waals surface area contributed by atoms with Crippen molar-refractivity contribution in [1.82, 2.24) is 0 Å². The summed E-state index contributed by atoms with van der Waals surface area (Å²) in [5.41, 5.74) is 2.71. The minimum atomic E-state index is -0.162. The summed E-state index contributed by atoms with van der Waals surface area (Å²) in [4.78, 5) is 12.8. The van der Waals surface area contributed by atoms with Crippen molar-refractivity contribution >= 4 is 35.0 Å². The summed E-state index contributed by atoms with van der Waals surface area (Å²) >= 11 is 6.12. The molecular weight excluding hydrogens is 336 g/mol. The standard InChI is InChI=1S/C20H19ClN2O2/c1-3-11-25-19-10-9-16(21)12-15(19)13-18-14(2)22-23(20(18)24)17-7-5-4-6-8-17/h4-10,12-13H,3,11H2,1-2H3. The topological polar surface area (TPSA) is 41.9 Å². The van der Waals surface area contributed by atoms with Crippen LogP contribution in [0.1, 0.15) is 25.8 Å². The average Bonchev–Trinajstić information content (AvgIpc) is 2.90. The van der Waals surface area contributed by atoms with Crippen LogP contribution in [0.5, 0.6) is 5.75 Å². The van der Waals surface area contributed by atoms with Gasteiger partial charge < -0.3 is 4.74 Å². The van der Waals surface area contributed by atoms with Crippen LogP contribution in [0, 0.1) is 0 Å². The molecule has 0 saturated carbocycles. The molecule has 5 heteroatoms. The highest BCUT2D eigenvalue weighted by molar-refractivity contribution is 6.33. The Kier molecular flexibility index (Phi) is 5.19. The lowest BCUT2D eigenvalue weighted by Gasteiger charge is -2.12. The van der Waals surface area contributed by atoms with E-state index in [1.54, 1.807) is 18.2 Å². The third-order valence-electron chi connectivity index (χ3n) is 3.80. The fourth-order valence-corrected chi connectivity index (χ4v) is 2.74. The number of rotatable bonds is 5. The minimum Gasteiger partial charge on any atom is -0.493 e. The van der Waals surface area contributed by atoms with E-state index in [1.165, 1.54) is 5.01 Å². The van der Waals surface area contributed by atoms with Gasteiger partial charge in [0.15, 0.2) is 0 Å². The van der Waals surface area contributed by atoms with Crippen molar-refractivity contribution in [2.45, 2.75) is 20.3 Å². The van der Waals surface area contributed by atoms with Crippen molar-refractivity contribution in [3.05, 3.63) is 64.7 Å². The number of carbonyl (C=O) groups is 1. The van der Waals surface area contributed by atoms with E-state index in [-0.39, 0.29) is 5.91 Å². The van der Waals surface area contributed by atoms with Crippen LogP contribution in [-0.4, -0.2) is 18.2 Å². The minimum absolute atomic E-state index is 0.162. The van der Waals surface area contributed by atoms with Gasteiger partial charge in [0.2, 0.25) is 0 Å². The number of para-hydroxylation sites is 1. The summed E-state index contributed by atoms with van der Waals surface area (Å²) in [6.07, 6.45) is 2.70. The van der Waals surface area contributed by atoms with Gasteiger partial charge in [-0.05, 0) is 49.8 Å². The number of anilines is 1. The summed E-state index contributed by atoms with van der Waals surface area (Å²) < 4.78 is 5.77. The largest absolute Gasteiger partial charge is 0.493 e. The van der Waals surface area contributed by atoms with Gasteiger partial charge in [0.05, 0.1) is 23.6 Å². The lowest BCUT2D eigenvalue weighted by molar-refractivity contribution is -0.114. The molecule has 0 saturated heterocycles. The fourth-order valence-electron chi connectivity index (χ4n) is 2.56.